The van der Waals surface area contributed by atoms with Gasteiger partial charge in [-0.15, -0.1) is 11.3 Å². The lowest BCUT2D eigenvalue weighted by Crippen LogP contribution is -2.33. The zero-order valence-electron chi connectivity index (χ0n) is 9.52. The number of thiazole rings is 1. The van der Waals surface area contributed by atoms with Gasteiger partial charge in [-0.2, -0.15) is 0 Å². The van der Waals surface area contributed by atoms with Crippen LogP contribution in [-0.2, 0) is 6.42 Å². The summed E-state index contributed by atoms with van der Waals surface area (Å²) >= 11 is 1.70. The highest BCUT2D eigenvalue weighted by Crippen LogP contribution is 2.06. The molecular weight excluding hydrogens is 208 g/mol. The van der Waals surface area contributed by atoms with Crippen molar-refractivity contribution in [1.29, 1.82) is 0 Å². The van der Waals surface area contributed by atoms with E-state index in [0.29, 0.717) is 0 Å². The molecule has 86 valence electrons. The molecule has 0 fully saturated rings. The van der Waals surface area contributed by atoms with Gasteiger partial charge in [0.1, 0.15) is 0 Å². The first kappa shape index (κ1) is 12.6. The molecule has 1 heterocycles. The minimum absolute atomic E-state index is 0.193. The van der Waals surface area contributed by atoms with Crippen molar-refractivity contribution in [2.75, 3.05) is 19.6 Å². The maximum absolute atomic E-state index is 9.56. The second kappa shape index (κ2) is 6.93. The fraction of sp³-hybridized carbons (Fsp3) is 0.727. The van der Waals surface area contributed by atoms with Gasteiger partial charge in [-0.3, -0.25) is 0 Å². The van der Waals surface area contributed by atoms with Crippen LogP contribution in [0.3, 0.4) is 0 Å². The molecule has 0 saturated heterocycles. The maximum Gasteiger partial charge on any atom is 0.0937 e. The summed E-state index contributed by atoms with van der Waals surface area (Å²) < 4.78 is 0. The molecule has 1 aromatic heterocycles. The van der Waals surface area contributed by atoms with E-state index in [2.05, 4.69) is 16.8 Å². The first-order valence-electron chi connectivity index (χ1n) is 5.55. The Bertz CT molecular complexity index is 251. The van der Waals surface area contributed by atoms with Crippen molar-refractivity contribution >= 4 is 11.3 Å². The highest BCUT2D eigenvalue weighted by atomic mass is 32.1. The highest BCUT2D eigenvalue weighted by molar-refractivity contribution is 7.09. The Morgan fingerprint density at radius 1 is 1.53 bits per heavy atom. The van der Waals surface area contributed by atoms with Crippen molar-refractivity contribution in [2.45, 2.75) is 32.8 Å². The third kappa shape index (κ3) is 4.73. The SMILES string of the molecule is CC[C@@H](O)CN(CC)CCc1nccs1. The van der Waals surface area contributed by atoms with Gasteiger partial charge in [0.2, 0.25) is 0 Å². The lowest BCUT2D eigenvalue weighted by Gasteiger charge is -2.22. The largest absolute Gasteiger partial charge is 0.392 e. The normalized spacial score (nSPS) is 13.3. The quantitative estimate of drug-likeness (QED) is 0.773. The van der Waals surface area contributed by atoms with Gasteiger partial charge >= 0.3 is 0 Å². The lowest BCUT2D eigenvalue weighted by atomic mass is 10.2. The van der Waals surface area contributed by atoms with Crippen molar-refractivity contribution < 1.29 is 5.11 Å². The summed E-state index contributed by atoms with van der Waals surface area (Å²) in [5.74, 6) is 0. The van der Waals surface area contributed by atoms with Crippen molar-refractivity contribution in [3.63, 3.8) is 0 Å². The van der Waals surface area contributed by atoms with Gasteiger partial charge < -0.3 is 10.0 Å². The van der Waals surface area contributed by atoms with Gasteiger partial charge in [0.25, 0.3) is 0 Å². The van der Waals surface area contributed by atoms with E-state index < -0.39 is 0 Å². The molecule has 0 bridgehead atoms. The molecule has 15 heavy (non-hydrogen) atoms. The number of rotatable bonds is 7. The molecule has 0 aliphatic carbocycles. The van der Waals surface area contributed by atoms with Crippen LogP contribution < -0.4 is 0 Å². The van der Waals surface area contributed by atoms with Crippen molar-refractivity contribution in [1.82, 2.24) is 9.88 Å². The molecule has 0 aromatic carbocycles. The number of likely N-dealkylation sites (N-methyl/N-ethyl adjacent to an activating group) is 1. The molecule has 0 aliphatic heterocycles. The Morgan fingerprint density at radius 3 is 2.87 bits per heavy atom. The zero-order valence-corrected chi connectivity index (χ0v) is 10.3. The average molecular weight is 228 g/mol. The third-order valence-electron chi connectivity index (χ3n) is 2.51. The topological polar surface area (TPSA) is 36.4 Å². The first-order chi connectivity index (χ1) is 7.26. The summed E-state index contributed by atoms with van der Waals surface area (Å²) in [4.78, 5) is 6.52. The lowest BCUT2D eigenvalue weighted by molar-refractivity contribution is 0.112. The van der Waals surface area contributed by atoms with Gasteiger partial charge in [-0.25, -0.2) is 4.98 Å². The van der Waals surface area contributed by atoms with Crippen LogP contribution in [0, 0.1) is 0 Å². The molecule has 4 heteroatoms. The second-order valence-corrected chi connectivity index (χ2v) is 4.61. The van der Waals surface area contributed by atoms with E-state index in [0.717, 1.165) is 32.5 Å². The fourth-order valence-electron chi connectivity index (χ4n) is 1.44. The Morgan fingerprint density at radius 2 is 2.33 bits per heavy atom. The van der Waals surface area contributed by atoms with Crippen molar-refractivity contribution in [3.8, 4) is 0 Å². The fourth-order valence-corrected chi connectivity index (χ4v) is 2.05. The second-order valence-electron chi connectivity index (χ2n) is 3.63. The van der Waals surface area contributed by atoms with E-state index >= 15 is 0 Å². The van der Waals surface area contributed by atoms with Crippen LogP contribution in [0.2, 0.25) is 0 Å². The Balaban J connectivity index is 2.27. The van der Waals surface area contributed by atoms with Crippen LogP contribution in [0.15, 0.2) is 11.6 Å². The Hall–Kier alpha value is -0.450. The summed E-state index contributed by atoms with van der Waals surface area (Å²) in [6.07, 6.45) is 3.47. The van der Waals surface area contributed by atoms with E-state index in [-0.39, 0.29) is 6.10 Å². The molecule has 0 unspecified atom stereocenters. The zero-order chi connectivity index (χ0) is 11.1. The molecule has 1 rings (SSSR count). The molecular formula is C11H20N2OS. The van der Waals surface area contributed by atoms with E-state index in [1.165, 1.54) is 5.01 Å². The number of nitrogens with zero attached hydrogens (tertiary/aromatic N) is 2. The number of hydrogen-bond donors (Lipinski definition) is 1. The predicted molar refractivity (Wildman–Crippen MR) is 64.2 cm³/mol. The van der Waals surface area contributed by atoms with Crippen LogP contribution >= 0.6 is 11.3 Å². The monoisotopic (exact) mass is 228 g/mol. The molecule has 1 aromatic rings. The molecule has 3 nitrogen and oxygen atoms in total. The van der Waals surface area contributed by atoms with Crippen LogP contribution in [0.4, 0.5) is 0 Å². The predicted octanol–water partition coefficient (Wildman–Crippen LogP) is 1.78. The minimum Gasteiger partial charge on any atom is -0.392 e. The molecule has 0 saturated carbocycles. The standard InChI is InChI=1S/C11H20N2OS/c1-3-10(14)9-13(4-2)7-5-11-12-6-8-15-11/h6,8,10,14H,3-5,7,9H2,1-2H3/t10-/m1/s1. The van der Waals surface area contributed by atoms with Gasteiger partial charge in [-0.1, -0.05) is 13.8 Å². The highest BCUT2D eigenvalue weighted by Gasteiger charge is 2.08. The van der Waals surface area contributed by atoms with Crippen molar-refractivity contribution in [2.24, 2.45) is 0 Å². The summed E-state index contributed by atoms with van der Waals surface area (Å²) in [6, 6.07) is 0. The average Bonchev–Trinajstić information content (AvgIpc) is 2.76. The van der Waals surface area contributed by atoms with Crippen LogP contribution in [0.25, 0.3) is 0 Å². The number of hydrogen-bond acceptors (Lipinski definition) is 4. The van der Waals surface area contributed by atoms with E-state index in [1.54, 1.807) is 11.3 Å². The molecule has 0 aliphatic rings. The summed E-state index contributed by atoms with van der Waals surface area (Å²) in [7, 11) is 0. The smallest absolute Gasteiger partial charge is 0.0937 e. The van der Waals surface area contributed by atoms with Crippen LogP contribution in [0.5, 0.6) is 0 Å². The summed E-state index contributed by atoms with van der Waals surface area (Å²) in [5, 5.41) is 12.7. The summed E-state index contributed by atoms with van der Waals surface area (Å²) in [6.45, 7) is 6.89. The van der Waals surface area contributed by atoms with Gasteiger partial charge in [0.05, 0.1) is 11.1 Å². The number of aliphatic hydroxyl groups excluding tert-OH is 1. The molecule has 0 amide bonds. The molecule has 0 spiro atoms. The van der Waals surface area contributed by atoms with E-state index in [1.807, 2.05) is 18.5 Å². The Labute approximate surface area is 95.8 Å². The number of aliphatic hydroxyl groups is 1. The minimum atomic E-state index is -0.193. The first-order valence-corrected chi connectivity index (χ1v) is 6.43. The maximum atomic E-state index is 9.56. The summed E-state index contributed by atoms with van der Waals surface area (Å²) in [5.41, 5.74) is 0. The van der Waals surface area contributed by atoms with Gasteiger partial charge in [0, 0.05) is 31.1 Å². The molecule has 0 radical (unpaired) electrons. The van der Waals surface area contributed by atoms with Crippen LogP contribution in [-0.4, -0.2) is 40.7 Å². The van der Waals surface area contributed by atoms with E-state index in [4.69, 9.17) is 0 Å². The molecule has 1 atom stereocenters. The number of aromatic nitrogens is 1. The molecule has 1 N–H and O–H groups in total. The van der Waals surface area contributed by atoms with Gasteiger partial charge in [0.15, 0.2) is 0 Å². The van der Waals surface area contributed by atoms with Crippen LogP contribution in [0.1, 0.15) is 25.3 Å². The van der Waals surface area contributed by atoms with Gasteiger partial charge in [-0.05, 0) is 13.0 Å². The van der Waals surface area contributed by atoms with Crippen molar-refractivity contribution in [3.05, 3.63) is 16.6 Å². The van der Waals surface area contributed by atoms with E-state index in [9.17, 15) is 5.11 Å². The third-order valence-corrected chi connectivity index (χ3v) is 3.35. The Kier molecular flexibility index (Phi) is 5.83.